The van der Waals surface area contributed by atoms with E-state index in [0.29, 0.717) is 75.9 Å². The molecule has 0 saturated carbocycles. The van der Waals surface area contributed by atoms with E-state index in [0.717, 1.165) is 37.3 Å². The third-order valence-electron chi connectivity index (χ3n) is 8.86. The Morgan fingerprint density at radius 2 is 1.78 bits per heavy atom. The van der Waals surface area contributed by atoms with Crippen molar-refractivity contribution in [1.82, 2.24) is 34.9 Å². The lowest BCUT2D eigenvalue weighted by molar-refractivity contribution is -0.142. The first-order chi connectivity index (χ1) is 22.0. The SMILES string of the molecule is Cc1nc2n(n1)CCN(C(=O)c1ccc(N3CCOCC3)nc1)CCCC(=O)N1CCCC[C@H]1C(=O)N[C@@H]2Cc1ccccc1. The number of ether oxygens (including phenoxy) is 1. The van der Waals surface area contributed by atoms with Crippen LogP contribution >= 0.6 is 0 Å². The maximum absolute atomic E-state index is 13.9. The molecule has 12 heteroatoms. The summed E-state index contributed by atoms with van der Waals surface area (Å²) in [6.07, 6.45) is 5.31. The lowest BCUT2D eigenvalue weighted by Crippen LogP contribution is -2.53. The predicted octanol–water partition coefficient (Wildman–Crippen LogP) is 2.54. The molecule has 3 amide bonds. The van der Waals surface area contributed by atoms with Gasteiger partial charge in [0.15, 0.2) is 0 Å². The van der Waals surface area contributed by atoms with Gasteiger partial charge in [-0.25, -0.2) is 14.6 Å². The Kier molecular flexibility index (Phi) is 9.68. The van der Waals surface area contributed by atoms with Crippen molar-refractivity contribution in [2.24, 2.45) is 0 Å². The molecule has 0 bridgehead atoms. The minimum atomic E-state index is -0.529. The van der Waals surface area contributed by atoms with Crippen LogP contribution in [0.4, 0.5) is 5.82 Å². The molecule has 3 aromatic rings. The molecule has 0 spiro atoms. The lowest BCUT2D eigenvalue weighted by atomic mass is 9.99. The van der Waals surface area contributed by atoms with Crippen molar-refractivity contribution < 1.29 is 19.1 Å². The number of benzene rings is 1. The van der Waals surface area contributed by atoms with Crippen LogP contribution in [0.25, 0.3) is 0 Å². The lowest BCUT2D eigenvalue weighted by Gasteiger charge is -2.36. The normalized spacial score (nSPS) is 21.8. The van der Waals surface area contributed by atoms with E-state index in [9.17, 15) is 14.4 Å². The van der Waals surface area contributed by atoms with Crippen LogP contribution in [0, 0.1) is 6.92 Å². The molecule has 238 valence electrons. The molecule has 6 rings (SSSR count). The van der Waals surface area contributed by atoms with E-state index in [2.05, 4.69) is 20.3 Å². The summed E-state index contributed by atoms with van der Waals surface area (Å²) in [4.78, 5) is 56.1. The molecule has 0 aliphatic carbocycles. The van der Waals surface area contributed by atoms with Gasteiger partial charge in [-0.15, -0.1) is 0 Å². The van der Waals surface area contributed by atoms with Crippen LogP contribution in [0.15, 0.2) is 48.7 Å². The fraction of sp³-hybridized carbons (Fsp3) is 0.515. The number of fused-ring (bicyclic) bond motifs is 2. The van der Waals surface area contributed by atoms with E-state index < -0.39 is 12.1 Å². The first kappa shape index (κ1) is 30.7. The molecule has 2 aromatic heterocycles. The Bertz CT molecular complexity index is 1470. The first-order valence-electron chi connectivity index (χ1n) is 16.1. The van der Waals surface area contributed by atoms with Gasteiger partial charge in [0.25, 0.3) is 5.91 Å². The standard InChI is InChI=1S/C33H42N8O4/c1-24-35-31-27(22-25-8-3-2-4-9-25)36-32(43)28-10-5-6-15-40(28)30(42)11-7-14-39(16-17-41(31)37-24)33(44)26-12-13-29(34-23-26)38-18-20-45-21-19-38/h2-4,8-9,12-13,23,27-28H,5-7,10-11,14-22H2,1H3,(H,36,43)/t27-,28+/m1/s1. The van der Waals surface area contributed by atoms with Gasteiger partial charge in [-0.1, -0.05) is 30.3 Å². The minimum Gasteiger partial charge on any atom is -0.378 e. The third kappa shape index (κ3) is 7.33. The molecule has 2 atom stereocenters. The summed E-state index contributed by atoms with van der Waals surface area (Å²) in [6, 6.07) is 12.7. The van der Waals surface area contributed by atoms with E-state index in [-0.39, 0.29) is 24.1 Å². The second-order valence-electron chi connectivity index (χ2n) is 12.0. The average molecular weight is 615 g/mol. The van der Waals surface area contributed by atoms with Crippen molar-refractivity contribution in [3.05, 3.63) is 71.4 Å². The van der Waals surface area contributed by atoms with Crippen LogP contribution in [0.5, 0.6) is 0 Å². The fourth-order valence-electron chi connectivity index (χ4n) is 6.49. The van der Waals surface area contributed by atoms with E-state index in [4.69, 9.17) is 9.72 Å². The Morgan fingerprint density at radius 1 is 0.956 bits per heavy atom. The molecular formula is C33H42N8O4. The summed E-state index contributed by atoms with van der Waals surface area (Å²) in [5.74, 6) is 1.72. The quantitative estimate of drug-likeness (QED) is 0.476. The highest BCUT2D eigenvalue weighted by Crippen LogP contribution is 2.23. The number of nitrogens with one attached hydrogen (secondary N) is 1. The number of hydrogen-bond acceptors (Lipinski definition) is 8. The molecular weight excluding hydrogens is 572 g/mol. The van der Waals surface area contributed by atoms with E-state index in [1.54, 1.807) is 16.0 Å². The number of rotatable bonds is 4. The number of carbonyl (C=O) groups excluding carboxylic acids is 3. The topological polar surface area (TPSA) is 126 Å². The number of amides is 3. The number of morpholine rings is 1. The Labute approximate surface area is 263 Å². The highest BCUT2D eigenvalue weighted by molar-refractivity contribution is 5.94. The zero-order valence-corrected chi connectivity index (χ0v) is 25.9. The number of carbonyl (C=O) groups is 3. The maximum Gasteiger partial charge on any atom is 0.255 e. The highest BCUT2D eigenvalue weighted by Gasteiger charge is 2.34. The molecule has 0 unspecified atom stereocenters. The molecule has 1 N–H and O–H groups in total. The second kappa shape index (κ2) is 14.2. The van der Waals surface area contributed by atoms with Crippen LogP contribution < -0.4 is 10.2 Å². The zero-order valence-electron chi connectivity index (χ0n) is 25.9. The van der Waals surface area contributed by atoms with Crippen molar-refractivity contribution in [3.8, 4) is 0 Å². The van der Waals surface area contributed by atoms with Gasteiger partial charge in [0.05, 0.1) is 31.4 Å². The number of anilines is 1. The summed E-state index contributed by atoms with van der Waals surface area (Å²) in [7, 11) is 0. The van der Waals surface area contributed by atoms with E-state index >= 15 is 0 Å². The molecule has 0 radical (unpaired) electrons. The van der Waals surface area contributed by atoms with Gasteiger partial charge in [-0.2, -0.15) is 5.10 Å². The van der Waals surface area contributed by atoms with Gasteiger partial charge in [0, 0.05) is 45.3 Å². The minimum absolute atomic E-state index is 0.0468. The van der Waals surface area contributed by atoms with Gasteiger partial charge in [-0.3, -0.25) is 14.4 Å². The van der Waals surface area contributed by atoms with Crippen LogP contribution in [0.2, 0.25) is 0 Å². The average Bonchev–Trinajstić information content (AvgIpc) is 3.46. The van der Waals surface area contributed by atoms with Crippen LogP contribution in [-0.2, 0) is 27.3 Å². The van der Waals surface area contributed by atoms with E-state index in [1.165, 1.54) is 0 Å². The molecule has 1 aromatic carbocycles. The fourth-order valence-corrected chi connectivity index (χ4v) is 6.49. The Balaban J connectivity index is 1.28. The summed E-state index contributed by atoms with van der Waals surface area (Å²) >= 11 is 0. The van der Waals surface area contributed by atoms with Crippen molar-refractivity contribution in [3.63, 3.8) is 0 Å². The van der Waals surface area contributed by atoms with Crippen molar-refractivity contribution in [1.29, 1.82) is 0 Å². The van der Waals surface area contributed by atoms with Gasteiger partial charge in [-0.05, 0) is 56.7 Å². The van der Waals surface area contributed by atoms with Crippen LogP contribution in [0.1, 0.15) is 65.7 Å². The van der Waals surface area contributed by atoms with E-state index in [1.807, 2.05) is 54.1 Å². The van der Waals surface area contributed by atoms with Gasteiger partial charge in [0.2, 0.25) is 11.8 Å². The molecule has 2 saturated heterocycles. The summed E-state index contributed by atoms with van der Waals surface area (Å²) < 4.78 is 7.27. The largest absolute Gasteiger partial charge is 0.378 e. The monoisotopic (exact) mass is 614 g/mol. The summed E-state index contributed by atoms with van der Waals surface area (Å²) in [5, 5.41) is 7.93. The molecule has 12 nitrogen and oxygen atoms in total. The Morgan fingerprint density at radius 3 is 2.56 bits per heavy atom. The highest BCUT2D eigenvalue weighted by atomic mass is 16.5. The van der Waals surface area contributed by atoms with Crippen molar-refractivity contribution in [2.45, 2.75) is 64.1 Å². The molecule has 45 heavy (non-hydrogen) atoms. The van der Waals surface area contributed by atoms with Gasteiger partial charge in [0.1, 0.15) is 23.5 Å². The first-order valence-corrected chi connectivity index (χ1v) is 16.1. The molecule has 2 fully saturated rings. The number of piperidine rings is 1. The molecule has 3 aliphatic rings. The number of nitrogens with zero attached hydrogens (tertiary/aromatic N) is 7. The Hall–Kier alpha value is -4.32. The third-order valence-corrected chi connectivity index (χ3v) is 8.86. The summed E-state index contributed by atoms with van der Waals surface area (Å²) in [6.45, 7) is 6.41. The van der Waals surface area contributed by atoms with Gasteiger partial charge >= 0.3 is 0 Å². The van der Waals surface area contributed by atoms with Crippen molar-refractivity contribution in [2.75, 3.05) is 50.8 Å². The summed E-state index contributed by atoms with van der Waals surface area (Å²) in [5.41, 5.74) is 1.55. The van der Waals surface area contributed by atoms with Crippen LogP contribution in [-0.4, -0.2) is 99.2 Å². The molecule has 5 heterocycles. The predicted molar refractivity (Wildman–Crippen MR) is 168 cm³/mol. The smallest absolute Gasteiger partial charge is 0.255 e. The molecule has 3 aliphatic heterocycles. The van der Waals surface area contributed by atoms with Crippen LogP contribution in [0.3, 0.4) is 0 Å². The van der Waals surface area contributed by atoms with Crippen molar-refractivity contribution >= 4 is 23.5 Å². The number of aryl methyl sites for hydroxylation is 1. The number of pyridine rings is 1. The number of aromatic nitrogens is 4. The maximum atomic E-state index is 13.9. The second-order valence-corrected chi connectivity index (χ2v) is 12.0. The number of hydrogen-bond donors (Lipinski definition) is 1. The zero-order chi connectivity index (χ0) is 31.2. The van der Waals surface area contributed by atoms with Gasteiger partial charge < -0.3 is 24.8 Å².